The predicted octanol–water partition coefficient (Wildman–Crippen LogP) is 2.17. The van der Waals surface area contributed by atoms with E-state index >= 15 is 0 Å². The van der Waals surface area contributed by atoms with Crippen LogP contribution in [-0.2, 0) is 11.3 Å². The van der Waals surface area contributed by atoms with Gasteiger partial charge in [0.05, 0.1) is 7.11 Å². The average Bonchev–Trinajstić information content (AvgIpc) is 2.54. The number of ether oxygens (including phenoxy) is 2. The minimum Gasteiger partial charge on any atom is -0.493 e. The molecule has 1 atom stereocenters. The molecule has 0 aliphatic heterocycles. The molecule has 1 aromatic heterocycles. The zero-order chi connectivity index (χ0) is 15.1. The van der Waals surface area contributed by atoms with E-state index in [0.717, 1.165) is 5.56 Å². The Morgan fingerprint density at radius 3 is 2.52 bits per heavy atom. The first kappa shape index (κ1) is 14.8. The highest BCUT2D eigenvalue weighted by molar-refractivity contribution is 5.80. The van der Waals surface area contributed by atoms with E-state index in [1.165, 1.54) is 0 Å². The first-order valence-electron chi connectivity index (χ1n) is 6.67. The Morgan fingerprint density at radius 1 is 1.19 bits per heavy atom. The van der Waals surface area contributed by atoms with E-state index in [1.54, 1.807) is 38.6 Å². The average molecular weight is 286 g/mol. The van der Waals surface area contributed by atoms with Crippen LogP contribution >= 0.6 is 0 Å². The first-order chi connectivity index (χ1) is 10.2. The SMILES string of the molecule is COc1ccccc1OC(C)C(=O)NCc1ccncc1. The third-order valence-corrected chi connectivity index (χ3v) is 2.96. The predicted molar refractivity (Wildman–Crippen MR) is 79.2 cm³/mol. The van der Waals surface area contributed by atoms with Gasteiger partial charge in [-0.15, -0.1) is 0 Å². The Labute approximate surface area is 123 Å². The standard InChI is InChI=1S/C16H18N2O3/c1-12(21-15-6-4-3-5-14(15)20-2)16(19)18-11-13-7-9-17-10-8-13/h3-10,12H,11H2,1-2H3,(H,18,19). The quantitative estimate of drug-likeness (QED) is 0.884. The molecule has 1 aromatic carbocycles. The van der Waals surface area contributed by atoms with Crippen molar-refractivity contribution in [3.8, 4) is 11.5 Å². The topological polar surface area (TPSA) is 60.5 Å². The number of methoxy groups -OCH3 is 1. The van der Waals surface area contributed by atoms with Crippen LogP contribution in [0.4, 0.5) is 0 Å². The molecule has 1 N–H and O–H groups in total. The molecule has 21 heavy (non-hydrogen) atoms. The summed E-state index contributed by atoms with van der Waals surface area (Å²) in [6, 6.07) is 10.9. The van der Waals surface area contributed by atoms with Gasteiger partial charge in [-0.2, -0.15) is 0 Å². The molecule has 5 heteroatoms. The molecule has 0 fully saturated rings. The van der Waals surface area contributed by atoms with E-state index in [-0.39, 0.29) is 5.91 Å². The summed E-state index contributed by atoms with van der Waals surface area (Å²) < 4.78 is 10.8. The lowest BCUT2D eigenvalue weighted by Crippen LogP contribution is -2.35. The summed E-state index contributed by atoms with van der Waals surface area (Å²) in [4.78, 5) is 16.0. The van der Waals surface area contributed by atoms with E-state index in [9.17, 15) is 4.79 Å². The number of amides is 1. The molecule has 1 amide bonds. The van der Waals surface area contributed by atoms with E-state index < -0.39 is 6.10 Å². The Kier molecular flexibility index (Phi) is 5.15. The molecule has 0 aliphatic carbocycles. The lowest BCUT2D eigenvalue weighted by molar-refractivity contribution is -0.127. The van der Waals surface area contributed by atoms with Gasteiger partial charge >= 0.3 is 0 Å². The molecule has 0 saturated carbocycles. The summed E-state index contributed by atoms with van der Waals surface area (Å²) in [7, 11) is 1.57. The molecule has 0 radical (unpaired) electrons. The second-order valence-electron chi connectivity index (χ2n) is 4.48. The van der Waals surface area contributed by atoms with Crippen LogP contribution in [0.25, 0.3) is 0 Å². The van der Waals surface area contributed by atoms with Crippen LogP contribution in [0.2, 0.25) is 0 Å². The Morgan fingerprint density at radius 2 is 1.86 bits per heavy atom. The van der Waals surface area contributed by atoms with Crippen LogP contribution in [0.1, 0.15) is 12.5 Å². The summed E-state index contributed by atoms with van der Waals surface area (Å²) in [5.41, 5.74) is 0.989. The largest absolute Gasteiger partial charge is 0.493 e. The fourth-order valence-corrected chi connectivity index (χ4v) is 1.79. The summed E-state index contributed by atoms with van der Waals surface area (Å²) in [5.74, 6) is 0.968. The van der Waals surface area contributed by atoms with Crippen molar-refractivity contribution in [2.75, 3.05) is 7.11 Å². The number of carbonyl (C=O) groups is 1. The van der Waals surface area contributed by atoms with Crippen LogP contribution in [-0.4, -0.2) is 24.1 Å². The van der Waals surface area contributed by atoms with Crippen LogP contribution < -0.4 is 14.8 Å². The molecule has 2 aromatic rings. The number of pyridine rings is 1. The smallest absolute Gasteiger partial charge is 0.261 e. The van der Waals surface area contributed by atoms with Gasteiger partial charge in [-0.3, -0.25) is 9.78 Å². The summed E-state index contributed by atoms with van der Waals surface area (Å²) in [6.07, 6.45) is 2.77. The van der Waals surface area contributed by atoms with Crippen molar-refractivity contribution in [2.24, 2.45) is 0 Å². The number of hydrogen-bond acceptors (Lipinski definition) is 4. The van der Waals surface area contributed by atoms with E-state index in [1.807, 2.05) is 24.3 Å². The zero-order valence-electron chi connectivity index (χ0n) is 12.1. The highest BCUT2D eigenvalue weighted by Gasteiger charge is 2.16. The van der Waals surface area contributed by atoms with Gasteiger partial charge < -0.3 is 14.8 Å². The van der Waals surface area contributed by atoms with Crippen molar-refractivity contribution in [3.05, 3.63) is 54.4 Å². The van der Waals surface area contributed by atoms with E-state index in [0.29, 0.717) is 18.0 Å². The lowest BCUT2D eigenvalue weighted by Gasteiger charge is -2.16. The molecule has 1 heterocycles. The molecule has 0 saturated heterocycles. The molecule has 5 nitrogen and oxygen atoms in total. The molecular weight excluding hydrogens is 268 g/mol. The highest BCUT2D eigenvalue weighted by atomic mass is 16.5. The third-order valence-electron chi connectivity index (χ3n) is 2.96. The first-order valence-corrected chi connectivity index (χ1v) is 6.67. The van der Waals surface area contributed by atoms with Crippen molar-refractivity contribution in [1.29, 1.82) is 0 Å². The van der Waals surface area contributed by atoms with Gasteiger partial charge in [-0.05, 0) is 36.8 Å². The Balaban J connectivity index is 1.90. The Bertz CT molecular complexity index is 587. The summed E-state index contributed by atoms with van der Waals surface area (Å²) >= 11 is 0. The maximum atomic E-state index is 12.0. The fourth-order valence-electron chi connectivity index (χ4n) is 1.79. The van der Waals surface area contributed by atoms with Crippen molar-refractivity contribution in [3.63, 3.8) is 0 Å². The van der Waals surface area contributed by atoms with Crippen molar-refractivity contribution in [2.45, 2.75) is 19.6 Å². The third kappa shape index (κ3) is 4.21. The van der Waals surface area contributed by atoms with E-state index in [2.05, 4.69) is 10.3 Å². The number of para-hydroxylation sites is 2. The number of aromatic nitrogens is 1. The molecule has 110 valence electrons. The summed E-state index contributed by atoms with van der Waals surface area (Å²) in [6.45, 7) is 2.15. The van der Waals surface area contributed by atoms with Gasteiger partial charge in [0.15, 0.2) is 17.6 Å². The number of hydrogen-bond donors (Lipinski definition) is 1. The molecule has 0 aliphatic rings. The van der Waals surface area contributed by atoms with Crippen LogP contribution in [0.5, 0.6) is 11.5 Å². The van der Waals surface area contributed by atoms with Gasteiger partial charge in [0.2, 0.25) is 0 Å². The Hall–Kier alpha value is -2.56. The van der Waals surface area contributed by atoms with Gasteiger partial charge in [0.25, 0.3) is 5.91 Å². The molecule has 0 spiro atoms. The van der Waals surface area contributed by atoms with Crippen molar-refractivity contribution < 1.29 is 14.3 Å². The number of nitrogens with zero attached hydrogens (tertiary/aromatic N) is 1. The molecule has 0 bridgehead atoms. The van der Waals surface area contributed by atoms with Crippen LogP contribution in [0, 0.1) is 0 Å². The van der Waals surface area contributed by atoms with Gasteiger partial charge in [-0.25, -0.2) is 0 Å². The minimum atomic E-state index is -0.608. The zero-order valence-corrected chi connectivity index (χ0v) is 12.1. The lowest BCUT2D eigenvalue weighted by atomic mass is 10.2. The number of rotatable bonds is 6. The van der Waals surface area contributed by atoms with Gasteiger partial charge in [0, 0.05) is 18.9 Å². The monoisotopic (exact) mass is 286 g/mol. The fraction of sp³-hybridized carbons (Fsp3) is 0.250. The second-order valence-corrected chi connectivity index (χ2v) is 4.48. The number of carbonyl (C=O) groups excluding carboxylic acids is 1. The van der Waals surface area contributed by atoms with Gasteiger partial charge in [-0.1, -0.05) is 12.1 Å². The minimum absolute atomic E-state index is 0.183. The maximum absolute atomic E-state index is 12.0. The van der Waals surface area contributed by atoms with Crippen molar-refractivity contribution in [1.82, 2.24) is 10.3 Å². The molecule has 2 rings (SSSR count). The maximum Gasteiger partial charge on any atom is 0.261 e. The van der Waals surface area contributed by atoms with Crippen LogP contribution in [0.3, 0.4) is 0 Å². The number of benzene rings is 1. The normalized spacial score (nSPS) is 11.5. The summed E-state index contributed by atoms with van der Waals surface area (Å²) in [5, 5.41) is 2.82. The van der Waals surface area contributed by atoms with Crippen LogP contribution in [0.15, 0.2) is 48.8 Å². The van der Waals surface area contributed by atoms with Gasteiger partial charge in [0.1, 0.15) is 0 Å². The number of nitrogens with one attached hydrogen (secondary N) is 1. The van der Waals surface area contributed by atoms with E-state index in [4.69, 9.17) is 9.47 Å². The van der Waals surface area contributed by atoms with Crippen molar-refractivity contribution >= 4 is 5.91 Å². The molecule has 1 unspecified atom stereocenters. The molecular formula is C16H18N2O3. The second kappa shape index (κ2) is 7.28. The highest BCUT2D eigenvalue weighted by Crippen LogP contribution is 2.26.